The lowest BCUT2D eigenvalue weighted by molar-refractivity contribution is -0.201. The lowest BCUT2D eigenvalue weighted by Crippen LogP contribution is -2.13. The average Bonchev–Trinajstić information content (AvgIpc) is 2.19. The Labute approximate surface area is 87.3 Å². The highest BCUT2D eigenvalue weighted by molar-refractivity contribution is 7.47. The summed E-state index contributed by atoms with van der Waals surface area (Å²) in [5, 5.41) is 0. The van der Waals surface area contributed by atoms with Crippen molar-refractivity contribution >= 4 is 7.82 Å². The molecule has 1 aromatic rings. The molecule has 7 heteroatoms. The van der Waals surface area contributed by atoms with Crippen LogP contribution in [-0.4, -0.2) is 12.0 Å². The molecule has 84 valence electrons. The summed E-state index contributed by atoms with van der Waals surface area (Å²) in [6.45, 7) is 0.290. The molecule has 0 saturated heterocycles. The van der Waals surface area contributed by atoms with Gasteiger partial charge in [0.25, 0.3) is 0 Å². The SMILES string of the molecule is COOP(=O)(O)ONCc1ccccc1. The molecule has 0 amide bonds. The quantitative estimate of drug-likeness (QED) is 0.439. The molecule has 1 rings (SSSR count). The van der Waals surface area contributed by atoms with Gasteiger partial charge in [-0.3, -0.25) is 4.89 Å². The number of hydroxylamine groups is 1. The van der Waals surface area contributed by atoms with Crippen molar-refractivity contribution in [3.05, 3.63) is 35.9 Å². The minimum atomic E-state index is -4.16. The summed E-state index contributed by atoms with van der Waals surface area (Å²) >= 11 is 0. The zero-order chi connectivity index (χ0) is 11.1. The molecule has 1 aromatic carbocycles. The molecule has 0 fully saturated rings. The number of hydrogen-bond donors (Lipinski definition) is 2. The fourth-order valence-electron chi connectivity index (χ4n) is 0.902. The second-order valence-corrected chi connectivity index (χ2v) is 3.88. The topological polar surface area (TPSA) is 77.0 Å². The predicted octanol–water partition coefficient (Wildman–Crippen LogP) is 1.39. The van der Waals surface area contributed by atoms with Crippen molar-refractivity contribution in [2.24, 2.45) is 0 Å². The van der Waals surface area contributed by atoms with E-state index in [1.807, 2.05) is 30.3 Å². The molecule has 1 unspecified atom stereocenters. The molecule has 0 aliphatic heterocycles. The first-order valence-corrected chi connectivity index (χ1v) is 5.64. The third-order valence-corrected chi connectivity index (χ3v) is 2.17. The molecular weight excluding hydrogens is 221 g/mol. The second-order valence-electron chi connectivity index (χ2n) is 2.61. The van der Waals surface area contributed by atoms with Crippen LogP contribution < -0.4 is 5.48 Å². The molecule has 0 spiro atoms. The fourth-order valence-corrected chi connectivity index (χ4v) is 1.35. The molecule has 0 aromatic heterocycles. The van der Waals surface area contributed by atoms with Crippen molar-refractivity contribution in [2.75, 3.05) is 7.11 Å². The van der Waals surface area contributed by atoms with Crippen LogP contribution in [0.25, 0.3) is 0 Å². The van der Waals surface area contributed by atoms with E-state index in [4.69, 9.17) is 4.89 Å². The number of benzene rings is 1. The molecule has 15 heavy (non-hydrogen) atoms. The highest BCUT2D eigenvalue weighted by Gasteiger charge is 2.22. The van der Waals surface area contributed by atoms with Crippen molar-refractivity contribution in [2.45, 2.75) is 6.54 Å². The van der Waals surface area contributed by atoms with Crippen molar-refractivity contribution in [1.29, 1.82) is 0 Å². The van der Waals surface area contributed by atoms with Crippen LogP contribution in [0.1, 0.15) is 5.56 Å². The summed E-state index contributed by atoms with van der Waals surface area (Å²) in [6, 6.07) is 9.25. The molecule has 1 atom stereocenters. The van der Waals surface area contributed by atoms with Crippen molar-refractivity contribution < 1.29 is 23.6 Å². The van der Waals surface area contributed by atoms with Crippen LogP contribution in [0.3, 0.4) is 0 Å². The second kappa shape index (κ2) is 5.97. The average molecular weight is 233 g/mol. The summed E-state index contributed by atoms with van der Waals surface area (Å²) in [6.07, 6.45) is 0. The maximum Gasteiger partial charge on any atom is 0.516 e. The number of phosphoric acid groups is 1. The predicted molar refractivity (Wildman–Crippen MR) is 52.3 cm³/mol. The summed E-state index contributed by atoms with van der Waals surface area (Å²) in [5.74, 6) is 0. The lowest BCUT2D eigenvalue weighted by atomic mass is 10.2. The molecule has 0 heterocycles. The molecule has 0 aliphatic carbocycles. The van der Waals surface area contributed by atoms with Crippen molar-refractivity contribution in [3.8, 4) is 0 Å². The van der Waals surface area contributed by atoms with E-state index >= 15 is 0 Å². The van der Waals surface area contributed by atoms with Crippen LogP contribution in [0.15, 0.2) is 30.3 Å². The van der Waals surface area contributed by atoms with Crippen LogP contribution >= 0.6 is 7.82 Å². The fraction of sp³-hybridized carbons (Fsp3) is 0.250. The molecule has 0 saturated carbocycles. The van der Waals surface area contributed by atoms with E-state index in [1.165, 1.54) is 0 Å². The molecule has 0 aliphatic rings. The Morgan fingerprint density at radius 2 is 2.07 bits per heavy atom. The smallest absolute Gasteiger partial charge is 0.300 e. The lowest BCUT2D eigenvalue weighted by Gasteiger charge is -2.09. The van der Waals surface area contributed by atoms with Gasteiger partial charge in [-0.2, -0.15) is 10.1 Å². The maximum absolute atomic E-state index is 10.9. The Kier molecular flexibility index (Phi) is 4.90. The Bertz CT molecular complexity index is 331. The van der Waals surface area contributed by atoms with E-state index < -0.39 is 7.82 Å². The highest BCUT2D eigenvalue weighted by Crippen LogP contribution is 2.41. The number of rotatable bonds is 6. The Balaban J connectivity index is 2.31. The van der Waals surface area contributed by atoms with Gasteiger partial charge in [-0.05, 0) is 5.56 Å². The summed E-state index contributed by atoms with van der Waals surface area (Å²) in [5.41, 5.74) is 3.22. The van der Waals surface area contributed by atoms with Crippen LogP contribution in [0.2, 0.25) is 0 Å². The van der Waals surface area contributed by atoms with Crippen LogP contribution in [0, 0.1) is 0 Å². The summed E-state index contributed by atoms with van der Waals surface area (Å²) in [7, 11) is -3.05. The van der Waals surface area contributed by atoms with Gasteiger partial charge in [0.1, 0.15) is 0 Å². The van der Waals surface area contributed by atoms with Gasteiger partial charge in [0.2, 0.25) is 0 Å². The highest BCUT2D eigenvalue weighted by atomic mass is 31.2. The van der Waals surface area contributed by atoms with Gasteiger partial charge in [-0.25, -0.2) is 9.45 Å². The molecular formula is C8H12NO5P. The first-order valence-electron chi connectivity index (χ1n) is 4.14. The first-order chi connectivity index (χ1) is 7.14. The van der Waals surface area contributed by atoms with Gasteiger partial charge in [-0.15, -0.1) is 4.67 Å². The molecule has 0 bridgehead atoms. The Hall–Kier alpha value is -0.750. The summed E-state index contributed by atoms with van der Waals surface area (Å²) < 4.78 is 19.3. The zero-order valence-electron chi connectivity index (χ0n) is 8.12. The monoisotopic (exact) mass is 233 g/mol. The first kappa shape index (κ1) is 12.3. The van der Waals surface area contributed by atoms with Gasteiger partial charge in [0.15, 0.2) is 0 Å². The summed E-state index contributed by atoms with van der Waals surface area (Å²) in [4.78, 5) is 12.9. The number of nitrogens with one attached hydrogen (secondary N) is 1. The standard InChI is InChI=1S/C8H12NO5P/c1-12-14-15(10,11)13-9-7-8-5-3-2-4-6-8/h2-6,9H,7H2,1H3,(H,10,11). The van der Waals surface area contributed by atoms with E-state index in [0.29, 0.717) is 6.54 Å². The van der Waals surface area contributed by atoms with E-state index in [-0.39, 0.29) is 0 Å². The Morgan fingerprint density at radius 1 is 1.40 bits per heavy atom. The van der Waals surface area contributed by atoms with E-state index in [1.54, 1.807) is 0 Å². The maximum atomic E-state index is 10.9. The molecule has 0 radical (unpaired) electrons. The van der Waals surface area contributed by atoms with Crippen molar-refractivity contribution in [3.63, 3.8) is 0 Å². The normalized spacial score (nSPS) is 14.8. The zero-order valence-corrected chi connectivity index (χ0v) is 9.02. The number of hydrogen-bond acceptors (Lipinski definition) is 5. The Morgan fingerprint density at radius 3 is 2.67 bits per heavy atom. The van der Waals surface area contributed by atoms with E-state index in [2.05, 4.69) is 19.7 Å². The molecule has 2 N–H and O–H groups in total. The van der Waals surface area contributed by atoms with Gasteiger partial charge in [0, 0.05) is 6.54 Å². The third kappa shape index (κ3) is 5.03. The van der Waals surface area contributed by atoms with E-state index in [9.17, 15) is 4.57 Å². The van der Waals surface area contributed by atoms with Gasteiger partial charge >= 0.3 is 7.82 Å². The van der Waals surface area contributed by atoms with Crippen LogP contribution in [0.4, 0.5) is 0 Å². The minimum Gasteiger partial charge on any atom is -0.300 e. The minimum absolute atomic E-state index is 0.290. The van der Waals surface area contributed by atoms with Gasteiger partial charge < -0.3 is 0 Å². The molecule has 6 nitrogen and oxygen atoms in total. The van der Waals surface area contributed by atoms with Crippen LogP contribution in [-0.2, 0) is 25.3 Å². The van der Waals surface area contributed by atoms with Crippen molar-refractivity contribution in [1.82, 2.24) is 5.48 Å². The van der Waals surface area contributed by atoms with E-state index in [0.717, 1.165) is 12.7 Å². The van der Waals surface area contributed by atoms with Gasteiger partial charge in [-0.1, -0.05) is 30.3 Å². The third-order valence-electron chi connectivity index (χ3n) is 1.47. The van der Waals surface area contributed by atoms with Gasteiger partial charge in [0.05, 0.1) is 7.11 Å². The largest absolute Gasteiger partial charge is 0.516 e. The van der Waals surface area contributed by atoms with Crippen LogP contribution in [0.5, 0.6) is 0 Å².